The zero-order chi connectivity index (χ0) is 24.7. The molecule has 4 aromatic rings. The standard InChI is InChI=1S/C24H21F4N3O2S/c1-31(34(2,32)33)22-6-4-3-5-16(22)9-12-18-19-13-21(15-7-10-17(25)11-8-15)30-23(19)29-14-20(18)24(26,27)28/h3-8,10-11,13-14H,9,12H2,1-2H3,(H,29,30). The van der Waals surface area contributed by atoms with Crippen molar-refractivity contribution >= 4 is 26.7 Å². The zero-order valence-electron chi connectivity index (χ0n) is 18.3. The molecule has 0 radical (unpaired) electrons. The number of pyridine rings is 1. The number of hydrogen-bond donors (Lipinski definition) is 1. The molecular formula is C24H21F4N3O2S. The summed E-state index contributed by atoms with van der Waals surface area (Å²) in [6, 6.07) is 13.9. The number of rotatable bonds is 6. The molecule has 2 aromatic carbocycles. The van der Waals surface area contributed by atoms with Gasteiger partial charge in [-0.2, -0.15) is 13.2 Å². The van der Waals surface area contributed by atoms with Crippen LogP contribution in [0, 0.1) is 5.82 Å². The number of nitrogens with zero attached hydrogens (tertiary/aromatic N) is 2. The van der Waals surface area contributed by atoms with Gasteiger partial charge in [-0.1, -0.05) is 18.2 Å². The average molecular weight is 492 g/mol. The van der Waals surface area contributed by atoms with Crippen molar-refractivity contribution in [3.8, 4) is 11.3 Å². The van der Waals surface area contributed by atoms with E-state index >= 15 is 0 Å². The third-order valence-corrected chi connectivity index (χ3v) is 6.89. The van der Waals surface area contributed by atoms with Crippen LogP contribution in [0.5, 0.6) is 0 Å². The summed E-state index contributed by atoms with van der Waals surface area (Å²) < 4.78 is 80.0. The Balaban J connectivity index is 1.78. The molecule has 0 spiro atoms. The summed E-state index contributed by atoms with van der Waals surface area (Å²) in [7, 11) is -2.14. The molecule has 2 aromatic heterocycles. The number of hydrogen-bond acceptors (Lipinski definition) is 3. The molecule has 0 atom stereocenters. The number of sulfonamides is 1. The molecule has 0 amide bonds. The van der Waals surface area contributed by atoms with E-state index in [4.69, 9.17) is 0 Å². The SMILES string of the molecule is CN(c1ccccc1CCc1c(C(F)(F)F)cnc2[nH]c(-c3ccc(F)cc3)cc12)S(C)(=O)=O. The number of aromatic nitrogens is 2. The summed E-state index contributed by atoms with van der Waals surface area (Å²) >= 11 is 0. The molecule has 5 nitrogen and oxygen atoms in total. The second-order valence-electron chi connectivity index (χ2n) is 7.96. The van der Waals surface area contributed by atoms with E-state index in [1.54, 1.807) is 30.3 Å². The molecule has 4 rings (SSSR count). The van der Waals surface area contributed by atoms with E-state index in [9.17, 15) is 26.0 Å². The van der Waals surface area contributed by atoms with Gasteiger partial charge in [0.05, 0.1) is 17.5 Å². The summed E-state index contributed by atoms with van der Waals surface area (Å²) in [5.74, 6) is -0.421. The first-order valence-electron chi connectivity index (χ1n) is 10.3. The Morgan fingerprint density at radius 3 is 2.35 bits per heavy atom. The van der Waals surface area contributed by atoms with Gasteiger partial charge in [0.1, 0.15) is 11.5 Å². The van der Waals surface area contributed by atoms with E-state index < -0.39 is 27.6 Å². The van der Waals surface area contributed by atoms with E-state index in [0.29, 0.717) is 27.9 Å². The van der Waals surface area contributed by atoms with Gasteiger partial charge in [-0.15, -0.1) is 0 Å². The number of aryl methyl sites for hydroxylation is 2. The summed E-state index contributed by atoms with van der Waals surface area (Å²) in [5.41, 5.74) is 1.62. The van der Waals surface area contributed by atoms with E-state index in [1.807, 2.05) is 0 Å². The summed E-state index contributed by atoms with van der Waals surface area (Å²) in [5, 5.41) is 0.308. The normalized spacial score (nSPS) is 12.3. The lowest BCUT2D eigenvalue weighted by atomic mass is 9.97. The molecule has 0 saturated carbocycles. The van der Waals surface area contributed by atoms with Crippen LogP contribution < -0.4 is 4.31 Å². The predicted octanol–water partition coefficient (Wildman–Crippen LogP) is 5.57. The topological polar surface area (TPSA) is 66.1 Å². The fraction of sp³-hybridized carbons (Fsp3) is 0.208. The van der Waals surface area contributed by atoms with Crippen LogP contribution in [0.3, 0.4) is 0 Å². The van der Waals surface area contributed by atoms with Gasteiger partial charge in [-0.25, -0.2) is 17.8 Å². The smallest absolute Gasteiger partial charge is 0.339 e. The van der Waals surface area contributed by atoms with Crippen LogP contribution in [0.25, 0.3) is 22.3 Å². The van der Waals surface area contributed by atoms with Crippen molar-refractivity contribution < 1.29 is 26.0 Å². The highest BCUT2D eigenvalue weighted by Crippen LogP contribution is 2.37. The quantitative estimate of drug-likeness (QED) is 0.359. The van der Waals surface area contributed by atoms with Crippen molar-refractivity contribution in [1.82, 2.24) is 9.97 Å². The maximum Gasteiger partial charge on any atom is 0.418 e. The second kappa shape index (κ2) is 8.75. The molecule has 0 aliphatic rings. The van der Waals surface area contributed by atoms with Crippen LogP contribution >= 0.6 is 0 Å². The lowest BCUT2D eigenvalue weighted by Gasteiger charge is -2.20. The minimum Gasteiger partial charge on any atom is -0.339 e. The number of H-pyrrole nitrogens is 1. The van der Waals surface area contributed by atoms with Gasteiger partial charge in [-0.05, 0) is 65.9 Å². The maximum absolute atomic E-state index is 13.9. The molecule has 0 fully saturated rings. The summed E-state index contributed by atoms with van der Waals surface area (Å²) in [4.78, 5) is 6.98. The molecule has 0 aliphatic heterocycles. The number of aromatic amines is 1. The van der Waals surface area contributed by atoms with Gasteiger partial charge < -0.3 is 4.98 Å². The Kier molecular flexibility index (Phi) is 6.11. The van der Waals surface area contributed by atoms with Crippen molar-refractivity contribution in [3.05, 3.63) is 83.3 Å². The molecular weight excluding hydrogens is 470 g/mol. The van der Waals surface area contributed by atoms with E-state index in [-0.39, 0.29) is 24.1 Å². The number of fused-ring (bicyclic) bond motifs is 1. The van der Waals surface area contributed by atoms with Crippen LogP contribution in [0.4, 0.5) is 23.2 Å². The molecule has 1 N–H and O–H groups in total. The second-order valence-corrected chi connectivity index (χ2v) is 9.97. The number of anilines is 1. The van der Waals surface area contributed by atoms with Crippen LogP contribution in [0.2, 0.25) is 0 Å². The largest absolute Gasteiger partial charge is 0.418 e. The Hall–Kier alpha value is -3.40. The van der Waals surface area contributed by atoms with Crippen molar-refractivity contribution in [2.24, 2.45) is 0 Å². The fourth-order valence-electron chi connectivity index (χ4n) is 3.89. The first kappa shape index (κ1) is 23.7. The van der Waals surface area contributed by atoms with Crippen molar-refractivity contribution in [3.63, 3.8) is 0 Å². The van der Waals surface area contributed by atoms with Crippen LogP contribution in [-0.4, -0.2) is 31.7 Å². The number of nitrogens with one attached hydrogen (secondary N) is 1. The first-order chi connectivity index (χ1) is 15.9. The number of halogens is 4. The Morgan fingerprint density at radius 1 is 1.03 bits per heavy atom. The highest BCUT2D eigenvalue weighted by Gasteiger charge is 2.35. The fourth-order valence-corrected chi connectivity index (χ4v) is 4.43. The van der Waals surface area contributed by atoms with E-state index in [1.165, 1.54) is 31.3 Å². The Morgan fingerprint density at radius 2 is 1.71 bits per heavy atom. The molecule has 0 saturated heterocycles. The molecule has 178 valence electrons. The average Bonchev–Trinajstić information content (AvgIpc) is 3.21. The minimum absolute atomic E-state index is 0.00316. The summed E-state index contributed by atoms with van der Waals surface area (Å²) in [6.45, 7) is 0. The van der Waals surface area contributed by atoms with Crippen LogP contribution in [0.1, 0.15) is 16.7 Å². The van der Waals surface area contributed by atoms with Gasteiger partial charge >= 0.3 is 6.18 Å². The van der Waals surface area contributed by atoms with Crippen LogP contribution in [0.15, 0.2) is 60.8 Å². The number of para-hydroxylation sites is 1. The van der Waals surface area contributed by atoms with Gasteiger partial charge in [0.2, 0.25) is 10.0 Å². The molecule has 34 heavy (non-hydrogen) atoms. The summed E-state index contributed by atoms with van der Waals surface area (Å²) in [6.07, 6.45) is -2.57. The van der Waals surface area contributed by atoms with Crippen molar-refractivity contribution in [1.29, 1.82) is 0 Å². The lowest BCUT2D eigenvalue weighted by molar-refractivity contribution is -0.138. The first-order valence-corrected chi connectivity index (χ1v) is 12.2. The van der Waals surface area contributed by atoms with E-state index in [0.717, 1.165) is 16.8 Å². The Labute approximate surface area is 194 Å². The third-order valence-electron chi connectivity index (χ3n) is 5.70. The molecule has 2 heterocycles. The van der Waals surface area contributed by atoms with Gasteiger partial charge in [-0.3, -0.25) is 4.31 Å². The van der Waals surface area contributed by atoms with Gasteiger partial charge in [0, 0.05) is 24.3 Å². The Bertz CT molecular complexity index is 1450. The minimum atomic E-state index is -4.62. The highest BCUT2D eigenvalue weighted by molar-refractivity contribution is 7.92. The van der Waals surface area contributed by atoms with Crippen molar-refractivity contribution in [2.45, 2.75) is 19.0 Å². The molecule has 0 unspecified atom stereocenters. The van der Waals surface area contributed by atoms with Crippen molar-refractivity contribution in [2.75, 3.05) is 17.6 Å². The van der Waals surface area contributed by atoms with Crippen LogP contribution in [-0.2, 0) is 29.0 Å². The lowest BCUT2D eigenvalue weighted by Crippen LogP contribution is -2.26. The molecule has 0 aliphatic carbocycles. The number of benzene rings is 2. The monoisotopic (exact) mass is 491 g/mol. The van der Waals surface area contributed by atoms with Gasteiger partial charge in [0.15, 0.2) is 0 Å². The molecule has 10 heteroatoms. The predicted molar refractivity (Wildman–Crippen MR) is 124 cm³/mol. The van der Waals surface area contributed by atoms with Gasteiger partial charge in [0.25, 0.3) is 0 Å². The maximum atomic E-state index is 13.9. The highest BCUT2D eigenvalue weighted by atomic mass is 32.2. The molecule has 0 bridgehead atoms. The third kappa shape index (κ3) is 4.77. The zero-order valence-corrected chi connectivity index (χ0v) is 19.1. The number of alkyl halides is 3. The van der Waals surface area contributed by atoms with E-state index in [2.05, 4.69) is 9.97 Å².